The second-order valence-electron chi connectivity index (χ2n) is 1.30. The fourth-order valence-electron chi connectivity index (χ4n) is 0.345. The highest BCUT2D eigenvalue weighted by Gasteiger charge is 1.97. The Balaban J connectivity index is 3.20. The average molecular weight is 132 g/mol. The first-order chi connectivity index (χ1) is 3.85. The van der Waals surface area contributed by atoms with E-state index in [9.17, 15) is 4.79 Å². The quantitative estimate of drug-likeness (QED) is 0.449. The summed E-state index contributed by atoms with van der Waals surface area (Å²) in [4.78, 5) is 9.78. The van der Waals surface area contributed by atoms with Gasteiger partial charge in [-0.2, -0.15) is 0 Å². The first-order valence-electron chi connectivity index (χ1n) is 2.37. The van der Waals surface area contributed by atoms with E-state index in [1.165, 1.54) is 0 Å². The van der Waals surface area contributed by atoms with Crippen LogP contribution in [-0.2, 0) is 4.79 Å². The van der Waals surface area contributed by atoms with Gasteiger partial charge in [-0.3, -0.25) is 4.79 Å². The Morgan fingerprint density at radius 1 is 2.00 bits per heavy atom. The van der Waals surface area contributed by atoms with Gasteiger partial charge in [-0.1, -0.05) is 6.92 Å². The maximum Gasteiger partial charge on any atom is 0.207 e. The topological polar surface area (TPSA) is 29.1 Å². The molecule has 0 bridgehead atoms. The first kappa shape index (κ1) is 7.82. The monoisotopic (exact) mass is 132 g/mol. The minimum atomic E-state index is 0.187. The molecule has 0 saturated heterocycles. The molecule has 0 saturated carbocycles. The lowest BCUT2D eigenvalue weighted by atomic mass is 10.5. The zero-order chi connectivity index (χ0) is 6.41. The van der Waals surface area contributed by atoms with Crippen LogP contribution in [0.4, 0.5) is 0 Å². The van der Waals surface area contributed by atoms with Crippen LogP contribution in [0.5, 0.6) is 0 Å². The van der Waals surface area contributed by atoms with Gasteiger partial charge in [-0.05, 0) is 12.7 Å². The Kier molecular flexibility index (Phi) is 4.85. The zero-order valence-electron chi connectivity index (χ0n) is 4.89. The SMILES string of the molecule is [CH2]CC(NC=O)SC. The van der Waals surface area contributed by atoms with Gasteiger partial charge in [0.15, 0.2) is 0 Å². The molecule has 0 fully saturated rings. The number of carbonyl (C=O) groups excluding carboxylic acids is 1. The molecule has 0 aromatic carbocycles. The van der Waals surface area contributed by atoms with Gasteiger partial charge in [0.1, 0.15) is 0 Å². The first-order valence-corrected chi connectivity index (χ1v) is 3.65. The van der Waals surface area contributed by atoms with Gasteiger partial charge in [0.2, 0.25) is 6.41 Å². The van der Waals surface area contributed by atoms with E-state index < -0.39 is 0 Å². The van der Waals surface area contributed by atoms with Crippen LogP contribution >= 0.6 is 11.8 Å². The summed E-state index contributed by atoms with van der Waals surface area (Å²) >= 11 is 1.59. The predicted molar refractivity (Wildman–Crippen MR) is 36.5 cm³/mol. The van der Waals surface area contributed by atoms with Crippen molar-refractivity contribution in [1.29, 1.82) is 0 Å². The molecule has 1 radical (unpaired) electrons. The van der Waals surface area contributed by atoms with Crippen LogP contribution in [0, 0.1) is 6.92 Å². The van der Waals surface area contributed by atoms with Gasteiger partial charge in [0, 0.05) is 0 Å². The summed E-state index contributed by atoms with van der Waals surface area (Å²) in [6, 6.07) is 0. The van der Waals surface area contributed by atoms with E-state index >= 15 is 0 Å². The summed E-state index contributed by atoms with van der Waals surface area (Å²) in [7, 11) is 0. The highest BCUT2D eigenvalue weighted by molar-refractivity contribution is 7.99. The minimum absolute atomic E-state index is 0.187. The molecule has 47 valence electrons. The van der Waals surface area contributed by atoms with Gasteiger partial charge >= 0.3 is 0 Å². The van der Waals surface area contributed by atoms with E-state index in [0.29, 0.717) is 6.41 Å². The molecule has 8 heavy (non-hydrogen) atoms. The fraction of sp³-hybridized carbons (Fsp3) is 0.600. The van der Waals surface area contributed by atoms with Gasteiger partial charge in [-0.15, -0.1) is 11.8 Å². The molecule has 0 aliphatic rings. The van der Waals surface area contributed by atoms with Crippen molar-refractivity contribution >= 4 is 18.2 Å². The van der Waals surface area contributed by atoms with E-state index in [-0.39, 0.29) is 5.37 Å². The Morgan fingerprint density at radius 2 is 2.62 bits per heavy atom. The Labute approximate surface area is 54.0 Å². The van der Waals surface area contributed by atoms with E-state index in [2.05, 4.69) is 12.2 Å². The van der Waals surface area contributed by atoms with Crippen LogP contribution in [0.15, 0.2) is 0 Å². The lowest BCUT2D eigenvalue weighted by molar-refractivity contribution is -0.109. The van der Waals surface area contributed by atoms with E-state index in [4.69, 9.17) is 0 Å². The van der Waals surface area contributed by atoms with Crippen molar-refractivity contribution in [1.82, 2.24) is 5.32 Å². The third-order valence-electron chi connectivity index (χ3n) is 0.801. The molecule has 0 rings (SSSR count). The standard InChI is InChI=1S/C5H10NOS/c1-3-5(8-2)6-4-7/h4-5H,1,3H2,2H3,(H,6,7). The molecule has 1 unspecified atom stereocenters. The largest absolute Gasteiger partial charge is 0.347 e. The molecule has 0 aromatic heterocycles. The lowest BCUT2D eigenvalue weighted by Crippen LogP contribution is -2.22. The fourth-order valence-corrected chi connectivity index (χ4v) is 0.772. The number of nitrogens with one attached hydrogen (secondary N) is 1. The third-order valence-corrected chi connectivity index (χ3v) is 1.74. The molecule has 0 aliphatic carbocycles. The average Bonchev–Trinajstić information content (AvgIpc) is 1.83. The van der Waals surface area contributed by atoms with Crippen molar-refractivity contribution in [2.75, 3.05) is 6.26 Å². The van der Waals surface area contributed by atoms with Crippen LogP contribution in [0.2, 0.25) is 0 Å². The van der Waals surface area contributed by atoms with Crippen LogP contribution in [0.3, 0.4) is 0 Å². The number of hydrogen-bond donors (Lipinski definition) is 1. The van der Waals surface area contributed by atoms with E-state index in [1.807, 2.05) is 6.26 Å². The number of thioether (sulfide) groups is 1. The number of carbonyl (C=O) groups is 1. The Morgan fingerprint density at radius 3 is 2.75 bits per heavy atom. The summed E-state index contributed by atoms with van der Waals surface area (Å²) in [6.45, 7) is 3.63. The minimum Gasteiger partial charge on any atom is -0.347 e. The van der Waals surface area contributed by atoms with E-state index in [1.54, 1.807) is 11.8 Å². The van der Waals surface area contributed by atoms with Crippen molar-refractivity contribution in [3.63, 3.8) is 0 Å². The zero-order valence-corrected chi connectivity index (χ0v) is 5.70. The van der Waals surface area contributed by atoms with Crippen molar-refractivity contribution in [3.05, 3.63) is 6.92 Å². The van der Waals surface area contributed by atoms with Gasteiger partial charge in [0.05, 0.1) is 5.37 Å². The smallest absolute Gasteiger partial charge is 0.207 e. The lowest BCUT2D eigenvalue weighted by Gasteiger charge is -2.07. The molecular formula is C5H10NOS. The van der Waals surface area contributed by atoms with E-state index in [0.717, 1.165) is 6.42 Å². The van der Waals surface area contributed by atoms with Gasteiger partial charge in [0.25, 0.3) is 0 Å². The molecule has 1 amide bonds. The number of rotatable bonds is 4. The van der Waals surface area contributed by atoms with Crippen LogP contribution in [-0.4, -0.2) is 18.0 Å². The molecule has 0 aliphatic heterocycles. The predicted octanol–water partition coefficient (Wildman–Crippen LogP) is 0.646. The summed E-state index contributed by atoms with van der Waals surface area (Å²) in [5, 5.41) is 2.79. The van der Waals surface area contributed by atoms with Crippen LogP contribution in [0.1, 0.15) is 6.42 Å². The van der Waals surface area contributed by atoms with Gasteiger partial charge < -0.3 is 5.32 Å². The highest BCUT2D eigenvalue weighted by atomic mass is 32.2. The van der Waals surface area contributed by atoms with Crippen molar-refractivity contribution in [3.8, 4) is 0 Å². The molecule has 0 aromatic rings. The normalized spacial score (nSPS) is 12.8. The summed E-state index contributed by atoms with van der Waals surface area (Å²) in [5.41, 5.74) is 0. The second kappa shape index (κ2) is 4.97. The molecule has 1 atom stereocenters. The maximum absolute atomic E-state index is 9.78. The number of hydrogen-bond acceptors (Lipinski definition) is 2. The molecule has 2 nitrogen and oxygen atoms in total. The van der Waals surface area contributed by atoms with Crippen molar-refractivity contribution in [2.24, 2.45) is 0 Å². The van der Waals surface area contributed by atoms with Crippen molar-refractivity contribution < 1.29 is 4.79 Å². The molecule has 0 heterocycles. The van der Waals surface area contributed by atoms with Crippen LogP contribution < -0.4 is 5.32 Å². The van der Waals surface area contributed by atoms with Gasteiger partial charge in [-0.25, -0.2) is 0 Å². The molecule has 3 heteroatoms. The Hall–Kier alpha value is -0.180. The highest BCUT2D eigenvalue weighted by Crippen LogP contribution is 2.03. The summed E-state index contributed by atoms with van der Waals surface area (Å²) in [5.74, 6) is 0. The Bertz CT molecular complexity index is 63.4. The second-order valence-corrected chi connectivity index (χ2v) is 2.34. The van der Waals surface area contributed by atoms with Crippen molar-refractivity contribution in [2.45, 2.75) is 11.8 Å². The molecule has 1 N–H and O–H groups in total. The summed E-state index contributed by atoms with van der Waals surface area (Å²) < 4.78 is 0. The molecular weight excluding hydrogens is 122 g/mol. The third kappa shape index (κ3) is 2.91. The van der Waals surface area contributed by atoms with Crippen LogP contribution in [0.25, 0.3) is 0 Å². The number of amides is 1. The molecule has 0 spiro atoms. The maximum atomic E-state index is 9.78. The summed E-state index contributed by atoms with van der Waals surface area (Å²) in [6.07, 6.45) is 3.37.